The lowest BCUT2D eigenvalue weighted by Crippen LogP contribution is -2.38. The van der Waals surface area contributed by atoms with E-state index in [9.17, 15) is 5.11 Å². The van der Waals surface area contributed by atoms with Gasteiger partial charge in [-0.2, -0.15) is 0 Å². The highest BCUT2D eigenvalue weighted by Gasteiger charge is 2.02. The van der Waals surface area contributed by atoms with Crippen LogP contribution in [0.5, 0.6) is 0 Å². The summed E-state index contributed by atoms with van der Waals surface area (Å²) in [5.41, 5.74) is 5.92. The van der Waals surface area contributed by atoms with E-state index in [4.69, 9.17) is 0 Å². The average molecular weight is 467 g/mol. The predicted octanol–water partition coefficient (Wildman–Crippen LogP) is 3.71. The van der Waals surface area contributed by atoms with Crippen molar-refractivity contribution >= 4 is 29.9 Å². The number of halogens is 1. The molecule has 0 amide bonds. The zero-order chi connectivity index (χ0) is 18.1. The highest BCUT2D eigenvalue weighted by molar-refractivity contribution is 14.0. The number of hydrogen-bond donors (Lipinski definition) is 3. The smallest absolute Gasteiger partial charge is 0.191 e. The van der Waals surface area contributed by atoms with Crippen LogP contribution in [0.15, 0.2) is 47.5 Å². The van der Waals surface area contributed by atoms with E-state index in [1.165, 1.54) is 16.7 Å². The number of rotatable bonds is 7. The second-order valence-electron chi connectivity index (χ2n) is 6.29. The Hall–Kier alpha value is -1.60. The fourth-order valence-corrected chi connectivity index (χ4v) is 2.91. The van der Waals surface area contributed by atoms with Crippen molar-refractivity contribution in [2.45, 2.75) is 40.3 Å². The molecule has 0 bridgehead atoms. The molecule has 2 aromatic carbocycles. The third kappa shape index (κ3) is 7.33. The van der Waals surface area contributed by atoms with E-state index in [1.54, 1.807) is 0 Å². The van der Waals surface area contributed by atoms with Crippen LogP contribution in [0.25, 0.3) is 0 Å². The lowest BCUT2D eigenvalue weighted by Gasteiger charge is -2.12. The molecule has 26 heavy (non-hydrogen) atoms. The van der Waals surface area contributed by atoms with Crippen molar-refractivity contribution in [1.82, 2.24) is 10.6 Å². The highest BCUT2D eigenvalue weighted by Crippen LogP contribution is 2.10. The van der Waals surface area contributed by atoms with Crippen molar-refractivity contribution in [1.29, 1.82) is 0 Å². The largest absolute Gasteiger partial charge is 0.392 e. The van der Waals surface area contributed by atoms with Gasteiger partial charge in [-0.15, -0.1) is 24.0 Å². The first-order valence-corrected chi connectivity index (χ1v) is 8.89. The normalized spacial score (nSPS) is 11.0. The molecule has 0 fully saturated rings. The van der Waals surface area contributed by atoms with Crippen LogP contribution in [0.1, 0.15) is 34.7 Å². The first kappa shape index (κ1) is 22.4. The summed E-state index contributed by atoms with van der Waals surface area (Å²) in [6.07, 6.45) is 0.958. The van der Waals surface area contributed by atoms with Crippen molar-refractivity contribution in [3.8, 4) is 0 Å². The first-order valence-electron chi connectivity index (χ1n) is 8.89. The minimum Gasteiger partial charge on any atom is -0.392 e. The molecule has 0 aliphatic carbocycles. The molecular weight excluding hydrogens is 437 g/mol. The Morgan fingerprint density at radius 3 is 2.27 bits per heavy atom. The number of nitrogens with one attached hydrogen (secondary N) is 2. The molecule has 0 spiro atoms. The van der Waals surface area contributed by atoms with Gasteiger partial charge < -0.3 is 15.7 Å². The third-order valence-corrected chi connectivity index (χ3v) is 4.03. The van der Waals surface area contributed by atoms with Crippen LogP contribution >= 0.6 is 24.0 Å². The van der Waals surface area contributed by atoms with E-state index in [0.29, 0.717) is 6.54 Å². The Morgan fingerprint density at radius 2 is 1.65 bits per heavy atom. The summed E-state index contributed by atoms with van der Waals surface area (Å²) in [7, 11) is 0. The maximum atomic E-state index is 9.42. The van der Waals surface area contributed by atoms with Crippen LogP contribution in [-0.2, 0) is 19.6 Å². The number of aryl methyl sites for hydroxylation is 2. The van der Waals surface area contributed by atoms with Gasteiger partial charge in [-0.25, -0.2) is 4.99 Å². The van der Waals surface area contributed by atoms with Gasteiger partial charge in [0.15, 0.2) is 5.96 Å². The number of benzene rings is 2. The average Bonchev–Trinajstić information content (AvgIpc) is 2.59. The van der Waals surface area contributed by atoms with Crippen molar-refractivity contribution in [2.75, 3.05) is 13.1 Å². The van der Waals surface area contributed by atoms with Crippen LogP contribution in [0.3, 0.4) is 0 Å². The summed E-state index contributed by atoms with van der Waals surface area (Å²) < 4.78 is 0. The number of hydrogen-bond acceptors (Lipinski definition) is 2. The van der Waals surface area contributed by atoms with Crippen molar-refractivity contribution < 1.29 is 5.11 Å². The van der Waals surface area contributed by atoms with Gasteiger partial charge in [0.2, 0.25) is 0 Å². The summed E-state index contributed by atoms with van der Waals surface area (Å²) >= 11 is 0. The molecule has 5 heteroatoms. The number of aliphatic hydroxyl groups excluding tert-OH is 1. The first-order chi connectivity index (χ1) is 12.1. The zero-order valence-corrected chi connectivity index (χ0v) is 18.2. The summed E-state index contributed by atoms with van der Waals surface area (Å²) in [5.74, 6) is 0.805. The predicted molar refractivity (Wildman–Crippen MR) is 120 cm³/mol. The van der Waals surface area contributed by atoms with Gasteiger partial charge in [-0.3, -0.25) is 0 Å². The Morgan fingerprint density at radius 1 is 1.00 bits per heavy atom. The summed E-state index contributed by atoms with van der Waals surface area (Å²) in [5, 5.41) is 16.1. The second kappa shape index (κ2) is 11.9. The van der Waals surface area contributed by atoms with E-state index >= 15 is 0 Å². The number of aliphatic imine (C=N–C) groups is 1. The fourth-order valence-electron chi connectivity index (χ4n) is 2.91. The molecule has 2 aromatic rings. The number of nitrogens with zero attached hydrogens (tertiary/aromatic N) is 1. The monoisotopic (exact) mass is 467 g/mol. The molecule has 0 atom stereocenters. The zero-order valence-electron chi connectivity index (χ0n) is 15.9. The van der Waals surface area contributed by atoms with Crippen LogP contribution in [0.4, 0.5) is 0 Å². The standard InChI is InChI=1S/C21H29N3O.HI/c1-4-22-21(24-14-19-7-5-6-8-20(19)15-25)23-10-9-18-12-16(2)11-17(3)13-18;/h5-8,11-13,25H,4,9-10,14-15H2,1-3H3,(H2,22,23,24);1H. The molecule has 0 saturated heterocycles. The Labute approximate surface area is 174 Å². The maximum absolute atomic E-state index is 9.42. The van der Waals surface area contributed by atoms with E-state index in [2.05, 4.69) is 54.6 Å². The number of aliphatic hydroxyl groups is 1. The molecule has 2 rings (SSSR count). The molecular formula is C21H30IN3O. The molecule has 0 aromatic heterocycles. The Kier molecular flexibility index (Phi) is 10.3. The third-order valence-electron chi connectivity index (χ3n) is 4.03. The summed E-state index contributed by atoms with van der Waals surface area (Å²) in [4.78, 5) is 4.64. The Bertz CT molecular complexity index is 696. The summed E-state index contributed by atoms with van der Waals surface area (Å²) in [6, 6.07) is 14.5. The molecule has 0 aliphatic heterocycles. The van der Waals surface area contributed by atoms with Gasteiger partial charge in [0.05, 0.1) is 13.2 Å². The van der Waals surface area contributed by atoms with Gasteiger partial charge >= 0.3 is 0 Å². The van der Waals surface area contributed by atoms with Crippen LogP contribution in [0.2, 0.25) is 0 Å². The van der Waals surface area contributed by atoms with Gasteiger partial charge in [0, 0.05) is 13.1 Å². The van der Waals surface area contributed by atoms with E-state index in [1.807, 2.05) is 24.3 Å². The SMILES string of the molecule is CCNC(=NCc1ccccc1CO)NCCc1cc(C)cc(C)c1.I. The van der Waals surface area contributed by atoms with Gasteiger partial charge in [-0.1, -0.05) is 53.6 Å². The van der Waals surface area contributed by atoms with Crippen molar-refractivity contribution in [3.63, 3.8) is 0 Å². The lowest BCUT2D eigenvalue weighted by atomic mass is 10.1. The maximum Gasteiger partial charge on any atom is 0.191 e. The fraction of sp³-hybridized carbons (Fsp3) is 0.381. The lowest BCUT2D eigenvalue weighted by molar-refractivity contribution is 0.280. The van der Waals surface area contributed by atoms with E-state index < -0.39 is 0 Å². The Balaban J connectivity index is 0.00000338. The molecule has 4 nitrogen and oxygen atoms in total. The van der Waals surface area contributed by atoms with Crippen LogP contribution in [-0.4, -0.2) is 24.2 Å². The quantitative estimate of drug-likeness (QED) is 0.331. The second-order valence-corrected chi connectivity index (χ2v) is 6.29. The molecule has 0 unspecified atom stereocenters. The molecule has 0 radical (unpaired) electrons. The van der Waals surface area contributed by atoms with Crippen LogP contribution < -0.4 is 10.6 Å². The molecule has 0 aliphatic rings. The minimum atomic E-state index is 0. The van der Waals surface area contributed by atoms with Crippen molar-refractivity contribution in [3.05, 3.63) is 70.3 Å². The van der Waals surface area contributed by atoms with E-state index in [0.717, 1.165) is 36.6 Å². The summed E-state index contributed by atoms with van der Waals surface area (Å²) in [6.45, 7) is 8.57. The van der Waals surface area contributed by atoms with E-state index in [-0.39, 0.29) is 30.6 Å². The molecule has 142 valence electrons. The topological polar surface area (TPSA) is 56.7 Å². The molecule has 0 saturated carbocycles. The van der Waals surface area contributed by atoms with Gasteiger partial charge in [0.25, 0.3) is 0 Å². The molecule has 0 heterocycles. The number of guanidine groups is 1. The van der Waals surface area contributed by atoms with Gasteiger partial charge in [-0.05, 0) is 43.9 Å². The highest BCUT2D eigenvalue weighted by atomic mass is 127. The van der Waals surface area contributed by atoms with Crippen molar-refractivity contribution in [2.24, 2.45) is 4.99 Å². The van der Waals surface area contributed by atoms with Crippen LogP contribution in [0, 0.1) is 13.8 Å². The molecule has 3 N–H and O–H groups in total. The van der Waals surface area contributed by atoms with Gasteiger partial charge in [0.1, 0.15) is 0 Å². The minimum absolute atomic E-state index is 0.